The van der Waals surface area contributed by atoms with Crippen molar-refractivity contribution in [3.05, 3.63) is 141 Å². The number of hydrogen-bond donors (Lipinski definition) is 1. The summed E-state index contributed by atoms with van der Waals surface area (Å²) in [6.07, 6.45) is -0.449. The van der Waals surface area contributed by atoms with Crippen molar-refractivity contribution in [1.82, 2.24) is 20.2 Å². The molecule has 4 heterocycles. The Morgan fingerprint density at radius 2 is 1.16 bits per heavy atom. The fraction of sp³-hybridized carbons (Fsp3) is 0.380. The van der Waals surface area contributed by atoms with E-state index in [1.165, 1.54) is 38.5 Å². The summed E-state index contributed by atoms with van der Waals surface area (Å²) in [5, 5.41) is 3.42. The minimum Gasteiger partial charge on any atom is -0.465 e. The molecule has 1 amide bonds. The number of hydrogen-bond acceptors (Lipinski definition) is 9. The van der Waals surface area contributed by atoms with E-state index in [-0.39, 0.29) is 42.0 Å². The highest BCUT2D eigenvalue weighted by molar-refractivity contribution is 6.01. The summed E-state index contributed by atoms with van der Waals surface area (Å²) < 4.78 is 43.2. The number of rotatable bonds is 8. The van der Waals surface area contributed by atoms with Crippen LogP contribution < -0.4 is 5.32 Å². The fourth-order valence-electron chi connectivity index (χ4n) is 8.37. The molecule has 5 aromatic rings. The molecular weight excluding hydrogens is 791 g/mol. The lowest BCUT2D eigenvalue weighted by atomic mass is 9.77. The number of benzene rings is 3. The Balaban J connectivity index is 0.000000218. The molecule has 326 valence electrons. The lowest BCUT2D eigenvalue weighted by Gasteiger charge is -2.40. The number of methoxy groups -OCH3 is 2. The third-order valence-electron chi connectivity index (χ3n) is 11.3. The van der Waals surface area contributed by atoms with Crippen LogP contribution in [0.1, 0.15) is 127 Å². The van der Waals surface area contributed by atoms with E-state index >= 15 is 0 Å². The van der Waals surface area contributed by atoms with Gasteiger partial charge in [-0.15, -0.1) is 0 Å². The molecule has 2 aliphatic rings. The largest absolute Gasteiger partial charge is 0.465 e. The van der Waals surface area contributed by atoms with Gasteiger partial charge in [0, 0.05) is 47.2 Å². The molecule has 3 aromatic carbocycles. The van der Waals surface area contributed by atoms with Gasteiger partial charge in [0.2, 0.25) is 0 Å². The van der Waals surface area contributed by atoms with Gasteiger partial charge in [-0.3, -0.25) is 9.97 Å². The van der Waals surface area contributed by atoms with Crippen molar-refractivity contribution in [2.45, 2.75) is 97.8 Å². The Bertz CT molecular complexity index is 2450. The van der Waals surface area contributed by atoms with Crippen LogP contribution in [-0.2, 0) is 44.7 Å². The third-order valence-corrected chi connectivity index (χ3v) is 11.3. The summed E-state index contributed by atoms with van der Waals surface area (Å²) in [6, 6.07) is 21.7. The standard InChI is InChI=1S/C29H31FN2O4.C21H25FN2O2/c1-18(2)25-24(27(33)35-5)23(20-11-13-21(30)14-12-20)22-15-32(17-29(3,4)26(22)31-25)28(34)36-16-19-9-7-6-8-10-19;1-12(2)18-17(20(25)26-5)16(13-6-8-14(22)9-7-13)15-10-23-11-21(3,4)19(15)24-18/h6-14,18H,15-17H2,1-5H3;6-9,12,23H,10-11H2,1-5H3. The first-order valence-corrected chi connectivity index (χ1v) is 20.9. The third kappa shape index (κ3) is 9.40. The van der Waals surface area contributed by atoms with Crippen molar-refractivity contribution in [2.24, 2.45) is 0 Å². The second-order valence-corrected chi connectivity index (χ2v) is 17.7. The predicted octanol–water partition coefficient (Wildman–Crippen LogP) is 10.4. The zero-order valence-electron chi connectivity index (χ0n) is 37.2. The van der Waals surface area contributed by atoms with Crippen molar-refractivity contribution >= 4 is 18.0 Å². The highest BCUT2D eigenvalue weighted by Crippen LogP contribution is 2.43. The molecule has 12 heteroatoms. The van der Waals surface area contributed by atoms with Crippen LogP contribution in [0.3, 0.4) is 0 Å². The number of pyridine rings is 2. The summed E-state index contributed by atoms with van der Waals surface area (Å²) in [7, 11) is 2.71. The van der Waals surface area contributed by atoms with Crippen molar-refractivity contribution in [2.75, 3.05) is 27.3 Å². The normalized spacial score (nSPS) is 14.9. The quantitative estimate of drug-likeness (QED) is 0.120. The molecule has 0 spiro atoms. The smallest absolute Gasteiger partial charge is 0.410 e. The van der Waals surface area contributed by atoms with Crippen molar-refractivity contribution in [3.8, 4) is 22.3 Å². The summed E-state index contributed by atoms with van der Waals surface area (Å²) in [5.74, 6) is -1.62. The molecular formula is C50H56F2N4O6. The van der Waals surface area contributed by atoms with Gasteiger partial charge in [0.25, 0.3) is 0 Å². The number of amides is 1. The van der Waals surface area contributed by atoms with Gasteiger partial charge in [-0.1, -0.05) is 110 Å². The first-order chi connectivity index (χ1) is 29.4. The van der Waals surface area contributed by atoms with Crippen LogP contribution >= 0.6 is 0 Å². The summed E-state index contributed by atoms with van der Waals surface area (Å²) >= 11 is 0. The van der Waals surface area contributed by atoms with Crippen LogP contribution in [0.25, 0.3) is 22.3 Å². The molecule has 1 N–H and O–H groups in total. The average molecular weight is 847 g/mol. The fourth-order valence-corrected chi connectivity index (χ4v) is 8.37. The van der Waals surface area contributed by atoms with E-state index in [1.54, 1.807) is 29.2 Å². The molecule has 0 bridgehead atoms. The number of ether oxygens (including phenoxy) is 3. The highest BCUT2D eigenvalue weighted by Gasteiger charge is 2.41. The highest BCUT2D eigenvalue weighted by atomic mass is 19.1. The summed E-state index contributed by atoms with van der Waals surface area (Å²) in [4.78, 5) is 50.5. The Hall–Kier alpha value is -6.01. The van der Waals surface area contributed by atoms with Crippen molar-refractivity contribution in [3.63, 3.8) is 0 Å². The first-order valence-electron chi connectivity index (χ1n) is 20.9. The van der Waals surface area contributed by atoms with Crippen LogP contribution in [0.4, 0.5) is 13.6 Å². The van der Waals surface area contributed by atoms with E-state index in [9.17, 15) is 23.2 Å². The Kier molecular flexibility index (Phi) is 13.6. The van der Waals surface area contributed by atoms with Gasteiger partial charge < -0.3 is 24.4 Å². The van der Waals surface area contributed by atoms with E-state index in [2.05, 4.69) is 19.2 Å². The lowest BCUT2D eigenvalue weighted by molar-refractivity contribution is 0.0589. The minimum absolute atomic E-state index is 0.0549. The van der Waals surface area contributed by atoms with E-state index in [0.29, 0.717) is 41.0 Å². The van der Waals surface area contributed by atoms with Gasteiger partial charge in [0.15, 0.2) is 0 Å². The molecule has 2 aliphatic heterocycles. The number of carbonyl (C=O) groups excluding carboxylic acids is 3. The average Bonchev–Trinajstić information content (AvgIpc) is 3.24. The van der Waals surface area contributed by atoms with Crippen LogP contribution in [0.5, 0.6) is 0 Å². The summed E-state index contributed by atoms with van der Waals surface area (Å²) in [6.45, 7) is 18.5. The number of nitrogens with one attached hydrogen (secondary N) is 1. The van der Waals surface area contributed by atoms with Crippen LogP contribution in [-0.4, -0.2) is 60.2 Å². The molecule has 0 saturated heterocycles. The molecule has 0 unspecified atom stereocenters. The molecule has 62 heavy (non-hydrogen) atoms. The molecule has 2 aromatic heterocycles. The van der Waals surface area contributed by atoms with Crippen molar-refractivity contribution < 1.29 is 37.4 Å². The maximum absolute atomic E-state index is 13.8. The predicted molar refractivity (Wildman–Crippen MR) is 235 cm³/mol. The van der Waals surface area contributed by atoms with Gasteiger partial charge in [0.1, 0.15) is 18.2 Å². The first kappa shape index (κ1) is 45.5. The number of carbonyl (C=O) groups is 3. The van der Waals surface area contributed by atoms with E-state index < -0.39 is 23.4 Å². The second kappa shape index (κ2) is 18.5. The van der Waals surface area contributed by atoms with Crippen LogP contribution in [0.2, 0.25) is 0 Å². The van der Waals surface area contributed by atoms with E-state index in [1.807, 2.05) is 71.9 Å². The number of esters is 2. The topological polar surface area (TPSA) is 120 Å². The van der Waals surface area contributed by atoms with Gasteiger partial charge >= 0.3 is 18.0 Å². The van der Waals surface area contributed by atoms with E-state index in [0.717, 1.165) is 51.4 Å². The Morgan fingerprint density at radius 1 is 0.694 bits per heavy atom. The van der Waals surface area contributed by atoms with Gasteiger partial charge in [0.05, 0.1) is 54.7 Å². The number of nitrogens with zero attached hydrogens (tertiary/aromatic N) is 3. The Morgan fingerprint density at radius 3 is 1.63 bits per heavy atom. The lowest BCUT2D eigenvalue weighted by Crippen LogP contribution is -2.46. The van der Waals surface area contributed by atoms with Gasteiger partial charge in [-0.25, -0.2) is 23.2 Å². The number of aromatic nitrogens is 2. The SMILES string of the molecule is COC(=O)c1c(C(C)C)nc2c(c1-c1ccc(F)cc1)CN(C(=O)OCc1ccccc1)CC2(C)C.COC(=O)c1c(C(C)C)nc2c(c1-c1ccc(F)cc1)CNCC2(C)C. The van der Waals surface area contributed by atoms with E-state index in [4.69, 9.17) is 24.2 Å². The molecule has 0 atom stereocenters. The number of fused-ring (bicyclic) bond motifs is 2. The monoisotopic (exact) mass is 846 g/mol. The zero-order chi connectivity index (χ0) is 45.1. The maximum atomic E-state index is 13.8. The molecule has 0 radical (unpaired) electrons. The summed E-state index contributed by atoms with van der Waals surface area (Å²) in [5.41, 5.74) is 8.76. The molecule has 0 aliphatic carbocycles. The Labute approximate surface area is 363 Å². The van der Waals surface area contributed by atoms with Gasteiger partial charge in [-0.2, -0.15) is 0 Å². The van der Waals surface area contributed by atoms with Crippen molar-refractivity contribution in [1.29, 1.82) is 0 Å². The molecule has 7 rings (SSSR count). The molecule has 10 nitrogen and oxygen atoms in total. The minimum atomic E-state index is -0.521. The zero-order valence-corrected chi connectivity index (χ0v) is 37.2. The van der Waals surface area contributed by atoms with Crippen LogP contribution in [0.15, 0.2) is 78.9 Å². The maximum Gasteiger partial charge on any atom is 0.410 e. The molecule has 0 saturated carbocycles. The second-order valence-electron chi connectivity index (χ2n) is 17.7. The van der Waals surface area contributed by atoms with Gasteiger partial charge in [-0.05, 0) is 58.4 Å². The van der Waals surface area contributed by atoms with Crippen LogP contribution in [0, 0.1) is 11.6 Å². The molecule has 0 fully saturated rings. The number of halogens is 2.